The van der Waals surface area contributed by atoms with Crippen LogP contribution < -0.4 is 5.32 Å². The highest BCUT2D eigenvalue weighted by Crippen LogP contribution is 2.33. The third-order valence-corrected chi connectivity index (χ3v) is 5.91. The Morgan fingerprint density at radius 3 is 2.81 bits per heavy atom. The molecule has 0 amide bonds. The van der Waals surface area contributed by atoms with Gasteiger partial charge in [-0.05, 0) is 67.0 Å². The average Bonchev–Trinajstić information content (AvgIpc) is 2.89. The third kappa shape index (κ3) is 2.82. The zero-order valence-corrected chi connectivity index (χ0v) is 13.1. The van der Waals surface area contributed by atoms with Gasteiger partial charge in [0, 0.05) is 22.4 Å². The van der Waals surface area contributed by atoms with Crippen molar-refractivity contribution < 1.29 is 0 Å². The summed E-state index contributed by atoms with van der Waals surface area (Å²) >= 11 is 2.05. The standard InChI is InChI=1S/C19H21NS/c1-2-7-19-15(4-1)9-11-18(13-20-19)21-17-10-8-14-5-3-6-16(14)12-17/h1-2,4,7-8,10,12,18,20H,3,5-6,9,11,13H2. The monoisotopic (exact) mass is 295 g/mol. The van der Waals surface area contributed by atoms with Crippen molar-refractivity contribution >= 4 is 17.4 Å². The van der Waals surface area contributed by atoms with Crippen LogP contribution in [-0.2, 0) is 19.3 Å². The highest BCUT2D eigenvalue weighted by molar-refractivity contribution is 8.00. The SMILES string of the molecule is c1ccc2c(c1)CCC(Sc1ccc3c(c1)CCC3)CN2. The predicted molar refractivity (Wildman–Crippen MR) is 91.4 cm³/mol. The molecule has 1 heterocycles. The summed E-state index contributed by atoms with van der Waals surface area (Å²) in [5.74, 6) is 0. The molecule has 1 unspecified atom stereocenters. The van der Waals surface area contributed by atoms with Gasteiger partial charge in [0.25, 0.3) is 0 Å². The van der Waals surface area contributed by atoms with Gasteiger partial charge >= 0.3 is 0 Å². The number of anilines is 1. The second-order valence-corrected chi connectivity index (χ2v) is 7.47. The minimum absolute atomic E-state index is 0.664. The van der Waals surface area contributed by atoms with Gasteiger partial charge in [0.2, 0.25) is 0 Å². The van der Waals surface area contributed by atoms with Crippen LogP contribution in [0.5, 0.6) is 0 Å². The van der Waals surface area contributed by atoms with Gasteiger partial charge in [-0.25, -0.2) is 0 Å². The van der Waals surface area contributed by atoms with Crippen molar-refractivity contribution in [1.82, 2.24) is 0 Å². The van der Waals surface area contributed by atoms with Gasteiger partial charge < -0.3 is 5.32 Å². The molecule has 0 bridgehead atoms. The maximum Gasteiger partial charge on any atom is 0.0373 e. The lowest BCUT2D eigenvalue weighted by atomic mass is 10.1. The van der Waals surface area contributed by atoms with Gasteiger partial charge in [-0.15, -0.1) is 11.8 Å². The fourth-order valence-corrected chi connectivity index (χ4v) is 4.61. The molecular weight excluding hydrogens is 274 g/mol. The molecule has 0 saturated heterocycles. The summed E-state index contributed by atoms with van der Waals surface area (Å²) in [6, 6.07) is 15.8. The van der Waals surface area contributed by atoms with E-state index in [1.165, 1.54) is 48.3 Å². The van der Waals surface area contributed by atoms with E-state index in [4.69, 9.17) is 0 Å². The number of rotatable bonds is 2. The lowest BCUT2D eigenvalue weighted by molar-refractivity contribution is 0.803. The highest BCUT2D eigenvalue weighted by atomic mass is 32.2. The number of fused-ring (bicyclic) bond motifs is 2. The zero-order valence-electron chi connectivity index (χ0n) is 12.3. The van der Waals surface area contributed by atoms with Crippen LogP contribution in [0.2, 0.25) is 0 Å². The van der Waals surface area contributed by atoms with Crippen LogP contribution in [0.15, 0.2) is 47.4 Å². The summed E-state index contributed by atoms with van der Waals surface area (Å²) in [6.45, 7) is 1.07. The summed E-state index contributed by atoms with van der Waals surface area (Å²) in [6.07, 6.45) is 6.33. The van der Waals surface area contributed by atoms with Crippen molar-refractivity contribution in [3.63, 3.8) is 0 Å². The van der Waals surface area contributed by atoms with Crippen molar-refractivity contribution in [2.24, 2.45) is 0 Å². The molecule has 1 aliphatic carbocycles. The maximum atomic E-state index is 3.63. The Bertz CT molecular complexity index is 623. The van der Waals surface area contributed by atoms with Crippen LogP contribution in [0.25, 0.3) is 0 Å². The fourth-order valence-electron chi connectivity index (χ4n) is 3.47. The number of para-hydroxylation sites is 1. The fraction of sp³-hybridized carbons (Fsp3) is 0.368. The van der Waals surface area contributed by atoms with Crippen LogP contribution in [0.3, 0.4) is 0 Å². The lowest BCUT2D eigenvalue weighted by Gasteiger charge is -2.15. The van der Waals surface area contributed by atoms with E-state index in [0.717, 1.165) is 6.54 Å². The van der Waals surface area contributed by atoms with E-state index in [0.29, 0.717) is 5.25 Å². The van der Waals surface area contributed by atoms with Crippen LogP contribution in [-0.4, -0.2) is 11.8 Å². The Balaban J connectivity index is 1.46. The molecule has 1 atom stereocenters. The quantitative estimate of drug-likeness (QED) is 0.862. The van der Waals surface area contributed by atoms with Crippen molar-refractivity contribution in [3.05, 3.63) is 59.2 Å². The van der Waals surface area contributed by atoms with E-state index in [1.807, 2.05) is 0 Å². The minimum atomic E-state index is 0.664. The number of hydrogen-bond acceptors (Lipinski definition) is 2. The second-order valence-electron chi connectivity index (χ2n) is 6.10. The largest absolute Gasteiger partial charge is 0.384 e. The van der Waals surface area contributed by atoms with Crippen LogP contribution in [0.4, 0.5) is 5.69 Å². The van der Waals surface area contributed by atoms with Gasteiger partial charge in [-0.1, -0.05) is 24.3 Å². The minimum Gasteiger partial charge on any atom is -0.384 e. The van der Waals surface area contributed by atoms with E-state index >= 15 is 0 Å². The molecule has 4 rings (SSSR count). The van der Waals surface area contributed by atoms with Crippen molar-refractivity contribution in [2.45, 2.75) is 42.2 Å². The van der Waals surface area contributed by atoms with E-state index in [2.05, 4.69) is 59.5 Å². The molecule has 1 nitrogen and oxygen atoms in total. The molecule has 0 spiro atoms. The van der Waals surface area contributed by atoms with Gasteiger partial charge in [-0.2, -0.15) is 0 Å². The van der Waals surface area contributed by atoms with Gasteiger partial charge in [0.05, 0.1) is 0 Å². The first-order valence-electron chi connectivity index (χ1n) is 7.99. The van der Waals surface area contributed by atoms with Crippen LogP contribution in [0, 0.1) is 0 Å². The Morgan fingerprint density at radius 1 is 0.905 bits per heavy atom. The maximum absolute atomic E-state index is 3.63. The molecule has 0 aromatic heterocycles. The average molecular weight is 295 g/mol. The van der Waals surface area contributed by atoms with Gasteiger partial charge in [0.1, 0.15) is 0 Å². The summed E-state index contributed by atoms with van der Waals surface area (Å²) in [5.41, 5.74) is 5.96. The zero-order chi connectivity index (χ0) is 14.1. The molecule has 108 valence electrons. The van der Waals surface area contributed by atoms with Crippen LogP contribution in [0.1, 0.15) is 29.5 Å². The number of benzene rings is 2. The topological polar surface area (TPSA) is 12.0 Å². The molecule has 0 radical (unpaired) electrons. The first kappa shape index (κ1) is 13.3. The van der Waals surface area contributed by atoms with Gasteiger partial charge in [0.15, 0.2) is 0 Å². The molecule has 0 saturated carbocycles. The molecule has 21 heavy (non-hydrogen) atoms. The Kier molecular flexibility index (Phi) is 3.64. The molecule has 2 aromatic rings. The van der Waals surface area contributed by atoms with E-state index in [-0.39, 0.29) is 0 Å². The molecule has 2 aliphatic rings. The summed E-state index contributed by atoms with van der Waals surface area (Å²) < 4.78 is 0. The third-order valence-electron chi connectivity index (χ3n) is 4.65. The van der Waals surface area contributed by atoms with E-state index < -0.39 is 0 Å². The van der Waals surface area contributed by atoms with Crippen LogP contribution >= 0.6 is 11.8 Å². The normalized spacial score (nSPS) is 20.3. The smallest absolute Gasteiger partial charge is 0.0373 e. The predicted octanol–water partition coefficient (Wildman–Crippen LogP) is 4.69. The molecule has 2 aromatic carbocycles. The summed E-state index contributed by atoms with van der Waals surface area (Å²) in [4.78, 5) is 1.45. The molecule has 1 N–H and O–H groups in total. The van der Waals surface area contributed by atoms with Crippen molar-refractivity contribution in [1.29, 1.82) is 0 Å². The number of thioether (sulfide) groups is 1. The Labute approximate surface area is 131 Å². The summed E-state index contributed by atoms with van der Waals surface area (Å²) in [7, 11) is 0. The first-order valence-corrected chi connectivity index (χ1v) is 8.87. The Hall–Kier alpha value is -1.41. The molecule has 0 fully saturated rings. The van der Waals surface area contributed by atoms with Crippen molar-refractivity contribution in [3.8, 4) is 0 Å². The van der Waals surface area contributed by atoms with E-state index in [1.54, 1.807) is 11.1 Å². The molecule has 1 aliphatic heterocycles. The van der Waals surface area contributed by atoms with Gasteiger partial charge in [-0.3, -0.25) is 0 Å². The second kappa shape index (κ2) is 5.76. The number of nitrogens with one attached hydrogen (secondary N) is 1. The number of aryl methyl sites for hydroxylation is 3. The number of hydrogen-bond donors (Lipinski definition) is 1. The summed E-state index contributed by atoms with van der Waals surface area (Å²) in [5, 5.41) is 4.29. The van der Waals surface area contributed by atoms with Crippen molar-refractivity contribution in [2.75, 3.05) is 11.9 Å². The molecular formula is C19H21NS. The van der Waals surface area contributed by atoms with E-state index in [9.17, 15) is 0 Å². The Morgan fingerprint density at radius 2 is 1.81 bits per heavy atom. The first-order chi connectivity index (χ1) is 10.4. The lowest BCUT2D eigenvalue weighted by Crippen LogP contribution is -2.14. The highest BCUT2D eigenvalue weighted by Gasteiger charge is 2.18. The molecule has 2 heteroatoms.